The van der Waals surface area contributed by atoms with Crippen molar-refractivity contribution in [3.05, 3.63) is 70.8 Å². The molecule has 2 aromatic rings. The average molecular weight is 478 g/mol. The molecule has 0 unspecified atom stereocenters. The van der Waals surface area contributed by atoms with Gasteiger partial charge in [0.1, 0.15) is 22.4 Å². The summed E-state index contributed by atoms with van der Waals surface area (Å²) in [7, 11) is 3.64. The third-order valence-electron chi connectivity index (χ3n) is 5.86. The van der Waals surface area contributed by atoms with Gasteiger partial charge in [0.15, 0.2) is 0 Å². The highest BCUT2D eigenvalue weighted by atomic mass is 32.2. The van der Waals surface area contributed by atoms with Crippen LogP contribution < -0.4 is 15.1 Å². The molecule has 8 nitrogen and oxygen atoms in total. The molecule has 0 radical (unpaired) electrons. The van der Waals surface area contributed by atoms with E-state index in [1.807, 2.05) is 66.7 Å². The van der Waals surface area contributed by atoms with Gasteiger partial charge in [-0.1, -0.05) is 42.1 Å². The summed E-state index contributed by atoms with van der Waals surface area (Å²) in [6, 6.07) is 18.8. The molecule has 176 valence electrons. The summed E-state index contributed by atoms with van der Waals surface area (Å²) in [4.78, 5) is 30.3. The highest BCUT2D eigenvalue weighted by Gasteiger charge is 2.41. The fourth-order valence-corrected chi connectivity index (χ4v) is 5.20. The molecule has 2 fully saturated rings. The Labute approximate surface area is 203 Å². The molecule has 0 spiro atoms. The zero-order chi connectivity index (χ0) is 24.1. The van der Waals surface area contributed by atoms with Crippen LogP contribution in [0, 0.1) is 11.3 Å². The number of nitrogens with one attached hydrogen (secondary N) is 1. The van der Waals surface area contributed by atoms with E-state index >= 15 is 0 Å². The number of hydrogen-bond acceptors (Lipinski definition) is 7. The van der Waals surface area contributed by atoms with Gasteiger partial charge in [-0.25, -0.2) is 5.01 Å². The number of thioether (sulfide) groups is 1. The molecule has 0 bridgehead atoms. The van der Waals surface area contributed by atoms with E-state index in [1.54, 1.807) is 7.11 Å². The number of nitriles is 1. The van der Waals surface area contributed by atoms with E-state index in [0.29, 0.717) is 30.2 Å². The van der Waals surface area contributed by atoms with Gasteiger partial charge in [0, 0.05) is 31.9 Å². The van der Waals surface area contributed by atoms with Crippen LogP contribution in [0.3, 0.4) is 0 Å². The number of likely N-dealkylation sites (N-methyl/N-ethyl adjacent to an activating group) is 1. The predicted octanol–water partition coefficient (Wildman–Crippen LogP) is 2.40. The van der Waals surface area contributed by atoms with Crippen LogP contribution >= 0.6 is 11.8 Å². The van der Waals surface area contributed by atoms with E-state index in [0.717, 1.165) is 24.4 Å². The van der Waals surface area contributed by atoms with Crippen LogP contribution in [0.2, 0.25) is 0 Å². The lowest BCUT2D eigenvalue weighted by atomic mass is 10.1. The molecule has 34 heavy (non-hydrogen) atoms. The lowest BCUT2D eigenvalue weighted by Crippen LogP contribution is -2.53. The standard InChI is InChI=1S/C25H27N5O3S/c1-28-12-14-29(15-13-28)27-23(31)21(17-26)25-30(19-6-4-3-5-7-19)24(32)22(34-25)16-18-8-10-20(33-2)11-9-18/h3-11,22H,12-16H2,1-2H3,(H,27,31)/b25-21+/t22-/m0/s1. The molecule has 2 aliphatic heterocycles. The van der Waals surface area contributed by atoms with Crippen LogP contribution in [0.4, 0.5) is 5.69 Å². The van der Waals surface area contributed by atoms with Gasteiger partial charge in [-0.2, -0.15) is 5.26 Å². The first-order valence-corrected chi connectivity index (χ1v) is 12.0. The number of methoxy groups -OCH3 is 1. The fraction of sp³-hybridized carbons (Fsp3) is 0.320. The summed E-state index contributed by atoms with van der Waals surface area (Å²) in [5, 5.41) is 11.7. The largest absolute Gasteiger partial charge is 0.497 e. The summed E-state index contributed by atoms with van der Waals surface area (Å²) in [5.41, 5.74) is 4.40. The van der Waals surface area contributed by atoms with Crippen LogP contribution in [-0.4, -0.2) is 67.3 Å². The van der Waals surface area contributed by atoms with Gasteiger partial charge in [0.25, 0.3) is 5.91 Å². The van der Waals surface area contributed by atoms with Crippen molar-refractivity contribution in [2.75, 3.05) is 45.2 Å². The number of amides is 2. The molecular weight excluding hydrogens is 450 g/mol. The Morgan fingerprint density at radius 3 is 2.41 bits per heavy atom. The molecule has 0 aliphatic carbocycles. The number of anilines is 1. The fourth-order valence-electron chi connectivity index (χ4n) is 3.89. The highest BCUT2D eigenvalue weighted by Crippen LogP contribution is 2.41. The number of carbonyl (C=O) groups excluding carboxylic acids is 2. The summed E-state index contributed by atoms with van der Waals surface area (Å²) >= 11 is 1.26. The summed E-state index contributed by atoms with van der Waals surface area (Å²) in [6.07, 6.45) is 0.471. The van der Waals surface area contributed by atoms with Gasteiger partial charge < -0.3 is 9.64 Å². The lowest BCUT2D eigenvalue weighted by molar-refractivity contribution is -0.122. The molecule has 2 saturated heterocycles. The van der Waals surface area contributed by atoms with Crippen molar-refractivity contribution in [1.82, 2.24) is 15.3 Å². The lowest BCUT2D eigenvalue weighted by Gasteiger charge is -2.32. The normalized spacial score (nSPS) is 20.7. The third-order valence-corrected chi connectivity index (χ3v) is 7.13. The van der Waals surface area contributed by atoms with Crippen molar-refractivity contribution in [3.8, 4) is 11.8 Å². The van der Waals surface area contributed by atoms with Gasteiger partial charge in [-0.05, 0) is 43.3 Å². The van der Waals surface area contributed by atoms with Gasteiger partial charge in [0.2, 0.25) is 5.91 Å². The quantitative estimate of drug-likeness (QED) is 0.505. The molecule has 1 atom stereocenters. The first kappa shape index (κ1) is 23.8. The number of ether oxygens (including phenoxy) is 1. The van der Waals surface area contributed by atoms with Crippen LogP contribution in [0.15, 0.2) is 65.2 Å². The van der Waals surface area contributed by atoms with Gasteiger partial charge >= 0.3 is 0 Å². The first-order chi connectivity index (χ1) is 16.5. The second kappa shape index (κ2) is 10.7. The second-order valence-corrected chi connectivity index (χ2v) is 9.38. The number of piperazine rings is 1. The third kappa shape index (κ3) is 5.25. The first-order valence-electron chi connectivity index (χ1n) is 11.1. The van der Waals surface area contributed by atoms with Crippen LogP contribution in [0.1, 0.15) is 5.56 Å². The molecule has 9 heteroatoms. The zero-order valence-electron chi connectivity index (χ0n) is 19.2. The molecule has 2 heterocycles. The van der Waals surface area contributed by atoms with Crippen molar-refractivity contribution in [2.45, 2.75) is 11.7 Å². The van der Waals surface area contributed by atoms with Crippen molar-refractivity contribution in [2.24, 2.45) is 0 Å². The average Bonchev–Trinajstić information content (AvgIpc) is 3.17. The van der Waals surface area contributed by atoms with Crippen molar-refractivity contribution in [3.63, 3.8) is 0 Å². The number of benzene rings is 2. The monoisotopic (exact) mass is 477 g/mol. The maximum atomic E-state index is 13.5. The van der Waals surface area contributed by atoms with E-state index < -0.39 is 11.2 Å². The molecule has 2 amide bonds. The molecule has 1 N–H and O–H groups in total. The number of hydrazine groups is 1. The number of hydrogen-bond donors (Lipinski definition) is 1. The molecule has 4 rings (SSSR count). The Balaban J connectivity index is 1.62. The Kier molecular flexibility index (Phi) is 7.53. The van der Waals surface area contributed by atoms with E-state index in [-0.39, 0.29) is 11.5 Å². The Bertz CT molecular complexity index is 1110. The second-order valence-electron chi connectivity index (χ2n) is 8.19. The van der Waals surface area contributed by atoms with Crippen LogP contribution in [0.5, 0.6) is 5.75 Å². The Morgan fingerprint density at radius 1 is 1.12 bits per heavy atom. The minimum atomic E-state index is -0.492. The van der Waals surface area contributed by atoms with Crippen molar-refractivity contribution < 1.29 is 14.3 Å². The molecule has 2 aliphatic rings. The molecule has 0 aromatic heterocycles. The number of carbonyl (C=O) groups is 2. The maximum absolute atomic E-state index is 13.5. The van der Waals surface area contributed by atoms with E-state index in [4.69, 9.17) is 4.74 Å². The zero-order valence-corrected chi connectivity index (χ0v) is 20.0. The molecule has 2 aromatic carbocycles. The van der Waals surface area contributed by atoms with E-state index in [9.17, 15) is 14.9 Å². The van der Waals surface area contributed by atoms with Gasteiger partial charge in [-0.15, -0.1) is 0 Å². The SMILES string of the molecule is COc1ccc(C[C@@H]2S/C(=C(\C#N)C(=O)NN3CCN(C)CC3)N(c3ccccc3)C2=O)cc1. The number of para-hydroxylation sites is 1. The molecule has 0 saturated carbocycles. The Morgan fingerprint density at radius 2 is 1.79 bits per heavy atom. The summed E-state index contributed by atoms with van der Waals surface area (Å²) < 4.78 is 5.22. The van der Waals surface area contributed by atoms with Gasteiger partial charge in [0.05, 0.1) is 12.4 Å². The van der Waals surface area contributed by atoms with Crippen LogP contribution in [0.25, 0.3) is 0 Å². The number of rotatable bonds is 6. The maximum Gasteiger partial charge on any atom is 0.278 e. The van der Waals surface area contributed by atoms with Crippen molar-refractivity contribution >= 4 is 29.3 Å². The smallest absolute Gasteiger partial charge is 0.278 e. The van der Waals surface area contributed by atoms with Crippen LogP contribution in [-0.2, 0) is 16.0 Å². The van der Waals surface area contributed by atoms with Crippen molar-refractivity contribution in [1.29, 1.82) is 5.26 Å². The minimum absolute atomic E-state index is 0.0571. The van der Waals surface area contributed by atoms with Gasteiger partial charge in [-0.3, -0.25) is 19.9 Å². The van der Waals surface area contributed by atoms with E-state index in [2.05, 4.69) is 16.4 Å². The Hall–Kier alpha value is -3.32. The summed E-state index contributed by atoms with van der Waals surface area (Å²) in [5.74, 6) is 0.100. The van der Waals surface area contributed by atoms with E-state index in [1.165, 1.54) is 16.7 Å². The summed E-state index contributed by atoms with van der Waals surface area (Å²) in [6.45, 7) is 2.99. The predicted molar refractivity (Wildman–Crippen MR) is 132 cm³/mol. The highest BCUT2D eigenvalue weighted by molar-refractivity contribution is 8.05. The molecular formula is C25H27N5O3S. The topological polar surface area (TPSA) is 88.9 Å². The minimum Gasteiger partial charge on any atom is -0.497 e. The number of nitrogens with zero attached hydrogens (tertiary/aromatic N) is 4.